The van der Waals surface area contributed by atoms with E-state index in [9.17, 15) is 4.79 Å². The van der Waals surface area contributed by atoms with Crippen molar-refractivity contribution >= 4 is 33.5 Å². The molecule has 0 bridgehead atoms. The molecule has 2 N–H and O–H groups in total. The van der Waals surface area contributed by atoms with Crippen molar-refractivity contribution < 1.29 is 4.79 Å². The molecule has 0 saturated heterocycles. The fourth-order valence-electron chi connectivity index (χ4n) is 1.71. The lowest BCUT2D eigenvalue weighted by atomic mass is 10.2. The molecule has 2 aromatic rings. The molecular weight excluding hydrogens is 320 g/mol. The van der Waals surface area contributed by atoms with E-state index in [2.05, 4.69) is 36.5 Å². The molecule has 0 fully saturated rings. The van der Waals surface area contributed by atoms with E-state index < -0.39 is 0 Å². The summed E-state index contributed by atoms with van der Waals surface area (Å²) in [5.41, 5.74) is 1.39. The van der Waals surface area contributed by atoms with Crippen LogP contribution in [0.25, 0.3) is 0 Å². The lowest BCUT2D eigenvalue weighted by Gasteiger charge is -2.11. The smallest absolute Gasteiger partial charge is 0.260 e. The van der Waals surface area contributed by atoms with Crippen LogP contribution in [0.3, 0.4) is 0 Å². The van der Waals surface area contributed by atoms with Crippen LogP contribution in [0.2, 0.25) is 0 Å². The van der Waals surface area contributed by atoms with Gasteiger partial charge < -0.3 is 10.6 Å². The molecule has 0 unspecified atom stereocenters. The third kappa shape index (κ3) is 3.33. The van der Waals surface area contributed by atoms with Crippen LogP contribution in [0, 0.1) is 6.92 Å². The normalized spacial score (nSPS) is 10.2. The van der Waals surface area contributed by atoms with Crippen molar-refractivity contribution in [1.82, 2.24) is 9.97 Å². The maximum Gasteiger partial charge on any atom is 0.260 e. The maximum atomic E-state index is 12.4. The number of hydrogen-bond acceptors (Lipinski definition) is 4. The molecule has 1 amide bonds. The van der Waals surface area contributed by atoms with Crippen LogP contribution < -0.4 is 10.6 Å². The standard InChI is InChI=1S/C14H15BrN4O/c1-3-16-13-11(7-10(15)8-18-13)14(20)19-12-9(2)5-4-6-17-12/h4-8H,3H2,1-2H3,(H,16,18)(H,17,19,20). The number of nitrogens with zero attached hydrogens (tertiary/aromatic N) is 2. The van der Waals surface area contributed by atoms with Crippen LogP contribution in [-0.4, -0.2) is 22.4 Å². The maximum absolute atomic E-state index is 12.4. The second kappa shape index (κ2) is 6.47. The first kappa shape index (κ1) is 14.5. The fraction of sp³-hybridized carbons (Fsp3) is 0.214. The lowest BCUT2D eigenvalue weighted by Crippen LogP contribution is -2.17. The summed E-state index contributed by atoms with van der Waals surface area (Å²) in [6, 6.07) is 5.46. The third-order valence-electron chi connectivity index (χ3n) is 2.68. The van der Waals surface area contributed by atoms with E-state index in [1.165, 1.54) is 0 Å². The molecule has 0 aliphatic carbocycles. The number of aromatic nitrogens is 2. The van der Waals surface area contributed by atoms with Gasteiger partial charge in [0, 0.05) is 23.4 Å². The molecule has 2 heterocycles. The molecule has 0 spiro atoms. The Kier molecular flexibility index (Phi) is 4.68. The van der Waals surface area contributed by atoms with Gasteiger partial charge in [0.1, 0.15) is 11.6 Å². The molecule has 6 heteroatoms. The van der Waals surface area contributed by atoms with Crippen LogP contribution in [0.4, 0.5) is 11.6 Å². The quantitative estimate of drug-likeness (QED) is 0.900. The number of aryl methyl sites for hydroxylation is 1. The number of amides is 1. The first-order valence-corrected chi connectivity index (χ1v) is 7.03. The number of hydrogen-bond donors (Lipinski definition) is 2. The molecule has 0 saturated carbocycles. The molecule has 0 aliphatic rings. The summed E-state index contributed by atoms with van der Waals surface area (Å²) in [4.78, 5) is 20.7. The summed E-state index contributed by atoms with van der Waals surface area (Å²) in [6.45, 7) is 4.54. The van der Waals surface area contributed by atoms with Crippen molar-refractivity contribution in [2.24, 2.45) is 0 Å². The Labute approximate surface area is 126 Å². The van der Waals surface area contributed by atoms with E-state index in [4.69, 9.17) is 0 Å². The highest BCUT2D eigenvalue weighted by atomic mass is 79.9. The van der Waals surface area contributed by atoms with Gasteiger partial charge in [0.2, 0.25) is 0 Å². The molecule has 0 atom stereocenters. The predicted molar refractivity (Wildman–Crippen MR) is 83.0 cm³/mol. The minimum atomic E-state index is -0.239. The highest BCUT2D eigenvalue weighted by Crippen LogP contribution is 2.20. The van der Waals surface area contributed by atoms with E-state index >= 15 is 0 Å². The van der Waals surface area contributed by atoms with Crippen molar-refractivity contribution in [1.29, 1.82) is 0 Å². The zero-order chi connectivity index (χ0) is 14.5. The Balaban J connectivity index is 2.29. The van der Waals surface area contributed by atoms with Gasteiger partial charge in [-0.05, 0) is 47.5 Å². The van der Waals surface area contributed by atoms with E-state index in [-0.39, 0.29) is 5.91 Å². The Morgan fingerprint density at radius 1 is 1.35 bits per heavy atom. The Hall–Kier alpha value is -1.95. The van der Waals surface area contributed by atoms with Crippen molar-refractivity contribution in [3.8, 4) is 0 Å². The molecule has 2 aromatic heterocycles. The number of carbonyl (C=O) groups is 1. The van der Waals surface area contributed by atoms with Gasteiger partial charge in [-0.1, -0.05) is 6.07 Å². The number of halogens is 1. The number of pyridine rings is 2. The molecule has 0 aliphatic heterocycles. The second-order valence-corrected chi connectivity index (χ2v) is 5.12. The van der Waals surface area contributed by atoms with E-state index in [1.807, 2.05) is 26.0 Å². The zero-order valence-corrected chi connectivity index (χ0v) is 12.9. The molecular formula is C14H15BrN4O. The minimum absolute atomic E-state index is 0.239. The number of carbonyl (C=O) groups excluding carboxylic acids is 1. The Bertz CT molecular complexity index is 630. The van der Waals surface area contributed by atoms with Gasteiger partial charge in [0.05, 0.1) is 5.56 Å². The molecule has 20 heavy (non-hydrogen) atoms. The van der Waals surface area contributed by atoms with Gasteiger partial charge in [-0.25, -0.2) is 9.97 Å². The lowest BCUT2D eigenvalue weighted by molar-refractivity contribution is 0.102. The van der Waals surface area contributed by atoms with Crippen LogP contribution in [0.15, 0.2) is 35.1 Å². The average Bonchev–Trinajstić information content (AvgIpc) is 2.43. The third-order valence-corrected chi connectivity index (χ3v) is 3.12. The fourth-order valence-corrected chi connectivity index (χ4v) is 2.04. The van der Waals surface area contributed by atoms with Crippen molar-refractivity contribution in [3.63, 3.8) is 0 Å². The van der Waals surface area contributed by atoms with Gasteiger partial charge in [-0.15, -0.1) is 0 Å². The van der Waals surface area contributed by atoms with Crippen molar-refractivity contribution in [3.05, 3.63) is 46.2 Å². The number of rotatable bonds is 4. The topological polar surface area (TPSA) is 66.9 Å². The van der Waals surface area contributed by atoms with Gasteiger partial charge in [0.25, 0.3) is 5.91 Å². The van der Waals surface area contributed by atoms with Gasteiger partial charge in [-0.3, -0.25) is 4.79 Å². The largest absolute Gasteiger partial charge is 0.370 e. The van der Waals surface area contributed by atoms with E-state index in [1.54, 1.807) is 18.5 Å². The molecule has 2 rings (SSSR count). The summed E-state index contributed by atoms with van der Waals surface area (Å²) in [6.07, 6.45) is 3.30. The molecule has 5 nitrogen and oxygen atoms in total. The number of nitrogens with one attached hydrogen (secondary N) is 2. The Morgan fingerprint density at radius 2 is 2.15 bits per heavy atom. The summed E-state index contributed by atoms with van der Waals surface area (Å²) >= 11 is 3.33. The predicted octanol–water partition coefficient (Wildman–Crippen LogP) is 3.23. The van der Waals surface area contributed by atoms with E-state index in [0.717, 1.165) is 10.0 Å². The van der Waals surface area contributed by atoms with Gasteiger partial charge in [-0.2, -0.15) is 0 Å². The van der Waals surface area contributed by atoms with Gasteiger partial charge >= 0.3 is 0 Å². The van der Waals surface area contributed by atoms with Crippen LogP contribution in [-0.2, 0) is 0 Å². The highest BCUT2D eigenvalue weighted by Gasteiger charge is 2.14. The molecule has 104 valence electrons. The first-order valence-electron chi connectivity index (χ1n) is 6.24. The summed E-state index contributed by atoms with van der Waals surface area (Å²) in [7, 11) is 0. The summed E-state index contributed by atoms with van der Waals surface area (Å²) in [5.74, 6) is 0.873. The summed E-state index contributed by atoms with van der Waals surface area (Å²) in [5, 5.41) is 5.87. The van der Waals surface area contributed by atoms with Gasteiger partial charge in [0.15, 0.2) is 0 Å². The molecule has 0 radical (unpaired) electrons. The monoisotopic (exact) mass is 334 g/mol. The van der Waals surface area contributed by atoms with Crippen LogP contribution in [0.1, 0.15) is 22.8 Å². The Morgan fingerprint density at radius 3 is 2.85 bits per heavy atom. The van der Waals surface area contributed by atoms with Crippen molar-refractivity contribution in [2.75, 3.05) is 17.2 Å². The van der Waals surface area contributed by atoms with Crippen molar-refractivity contribution in [2.45, 2.75) is 13.8 Å². The zero-order valence-electron chi connectivity index (χ0n) is 11.3. The van der Waals surface area contributed by atoms with E-state index in [0.29, 0.717) is 23.7 Å². The second-order valence-electron chi connectivity index (χ2n) is 4.20. The average molecular weight is 335 g/mol. The first-order chi connectivity index (χ1) is 9.61. The highest BCUT2D eigenvalue weighted by molar-refractivity contribution is 9.10. The summed E-state index contributed by atoms with van der Waals surface area (Å²) < 4.78 is 0.752. The van der Waals surface area contributed by atoms with Crippen LogP contribution in [0.5, 0.6) is 0 Å². The molecule has 0 aromatic carbocycles. The SMILES string of the molecule is CCNc1ncc(Br)cc1C(=O)Nc1ncccc1C. The minimum Gasteiger partial charge on any atom is -0.370 e. The number of anilines is 2. The van der Waals surface area contributed by atoms with Crippen LogP contribution >= 0.6 is 15.9 Å².